The van der Waals surface area contributed by atoms with E-state index in [-0.39, 0.29) is 30.3 Å². The zero-order valence-corrected chi connectivity index (χ0v) is 22.8. The standard InChI is InChI=1S/C29H44N4O5/c1-2-3-13-32(16-6-12-30)27(35)20-33-19-23(21-9-10-25-22(18-21)11-17-38-25)28(29(36)37)24(33)7-4-14-31-15-5-8-26(31)34/h9-10,18,23-24,28H,2-8,11-17,19-20,30H2,1H3,(H,36,37). The number of carboxylic acids is 1. The lowest BCUT2D eigenvalue weighted by molar-refractivity contribution is -0.144. The van der Waals surface area contributed by atoms with Gasteiger partial charge in [-0.05, 0) is 55.8 Å². The summed E-state index contributed by atoms with van der Waals surface area (Å²) in [5.41, 5.74) is 7.85. The number of fused-ring (bicyclic) bond motifs is 1. The van der Waals surface area contributed by atoms with Crippen molar-refractivity contribution < 1.29 is 24.2 Å². The number of carbonyl (C=O) groups excluding carboxylic acids is 2. The number of nitrogens with two attached hydrogens (primary N) is 1. The van der Waals surface area contributed by atoms with Gasteiger partial charge in [-0.15, -0.1) is 0 Å². The quantitative estimate of drug-likeness (QED) is 0.381. The van der Waals surface area contributed by atoms with E-state index in [4.69, 9.17) is 10.5 Å². The molecule has 4 rings (SSSR count). The molecule has 9 heteroatoms. The Bertz CT molecular complexity index is 978. The predicted octanol–water partition coefficient (Wildman–Crippen LogP) is 2.47. The largest absolute Gasteiger partial charge is 0.493 e. The van der Waals surface area contributed by atoms with Crippen molar-refractivity contribution in [3.63, 3.8) is 0 Å². The third-order valence-electron chi connectivity index (χ3n) is 8.38. The molecule has 0 bridgehead atoms. The number of hydrogen-bond donors (Lipinski definition) is 2. The summed E-state index contributed by atoms with van der Waals surface area (Å²) in [6.07, 6.45) is 6.36. The summed E-state index contributed by atoms with van der Waals surface area (Å²) in [5, 5.41) is 10.4. The van der Waals surface area contributed by atoms with Crippen molar-refractivity contribution in [2.45, 2.75) is 70.3 Å². The first-order valence-electron chi connectivity index (χ1n) is 14.4. The average molecular weight is 529 g/mol. The third kappa shape index (κ3) is 6.67. The first-order chi connectivity index (χ1) is 18.4. The van der Waals surface area contributed by atoms with Gasteiger partial charge in [0.2, 0.25) is 11.8 Å². The van der Waals surface area contributed by atoms with Crippen molar-refractivity contribution in [2.24, 2.45) is 11.7 Å². The van der Waals surface area contributed by atoms with E-state index < -0.39 is 11.9 Å². The van der Waals surface area contributed by atoms with Gasteiger partial charge in [0.25, 0.3) is 0 Å². The van der Waals surface area contributed by atoms with Crippen LogP contribution in [0.2, 0.25) is 0 Å². The van der Waals surface area contributed by atoms with Crippen LogP contribution in [-0.2, 0) is 20.8 Å². The molecular weight excluding hydrogens is 484 g/mol. The molecule has 0 spiro atoms. The highest BCUT2D eigenvalue weighted by Gasteiger charge is 2.47. The van der Waals surface area contributed by atoms with E-state index in [0.717, 1.165) is 61.9 Å². The second-order valence-corrected chi connectivity index (χ2v) is 10.9. The van der Waals surface area contributed by atoms with E-state index in [9.17, 15) is 19.5 Å². The lowest BCUT2D eigenvalue weighted by Gasteiger charge is -2.30. The number of aliphatic carboxylic acids is 1. The fraction of sp³-hybridized carbons (Fsp3) is 0.690. The maximum Gasteiger partial charge on any atom is 0.308 e. The average Bonchev–Trinajstić information content (AvgIpc) is 3.62. The minimum Gasteiger partial charge on any atom is -0.493 e. The second-order valence-electron chi connectivity index (χ2n) is 10.9. The molecule has 3 N–H and O–H groups in total. The summed E-state index contributed by atoms with van der Waals surface area (Å²) in [5.74, 6) is -0.552. The maximum atomic E-state index is 13.5. The van der Waals surface area contributed by atoms with Crippen LogP contribution in [0.3, 0.4) is 0 Å². The van der Waals surface area contributed by atoms with Crippen LogP contribution in [-0.4, -0.2) is 96.1 Å². The first kappa shape index (κ1) is 28.4. The molecule has 1 aromatic carbocycles. The Morgan fingerprint density at radius 2 is 2.00 bits per heavy atom. The number of unbranched alkanes of at least 4 members (excludes halogenated alkanes) is 1. The van der Waals surface area contributed by atoms with Crippen LogP contribution in [0.25, 0.3) is 0 Å². The molecule has 3 atom stereocenters. The molecule has 38 heavy (non-hydrogen) atoms. The van der Waals surface area contributed by atoms with Crippen LogP contribution in [0.15, 0.2) is 18.2 Å². The van der Waals surface area contributed by atoms with Gasteiger partial charge in [0.15, 0.2) is 0 Å². The van der Waals surface area contributed by atoms with Gasteiger partial charge in [-0.3, -0.25) is 19.3 Å². The van der Waals surface area contributed by atoms with Gasteiger partial charge >= 0.3 is 5.97 Å². The number of carboxylic acid groups (broad SMARTS) is 1. The van der Waals surface area contributed by atoms with Crippen molar-refractivity contribution in [1.82, 2.24) is 14.7 Å². The van der Waals surface area contributed by atoms with E-state index >= 15 is 0 Å². The molecule has 0 aromatic heterocycles. The van der Waals surface area contributed by atoms with E-state index in [1.165, 1.54) is 0 Å². The van der Waals surface area contributed by atoms with Gasteiger partial charge in [0, 0.05) is 57.5 Å². The van der Waals surface area contributed by atoms with E-state index in [0.29, 0.717) is 52.2 Å². The summed E-state index contributed by atoms with van der Waals surface area (Å²) >= 11 is 0. The number of hydrogen-bond acceptors (Lipinski definition) is 6. The van der Waals surface area contributed by atoms with Crippen LogP contribution in [0.4, 0.5) is 0 Å². The van der Waals surface area contributed by atoms with Gasteiger partial charge in [-0.2, -0.15) is 0 Å². The van der Waals surface area contributed by atoms with Crippen molar-refractivity contribution >= 4 is 17.8 Å². The Hall–Kier alpha value is -2.65. The van der Waals surface area contributed by atoms with Gasteiger partial charge in [-0.25, -0.2) is 0 Å². The van der Waals surface area contributed by atoms with Crippen LogP contribution in [0.1, 0.15) is 68.9 Å². The molecule has 0 saturated carbocycles. The minimum absolute atomic E-state index is 0.0405. The van der Waals surface area contributed by atoms with Crippen LogP contribution >= 0.6 is 0 Å². The van der Waals surface area contributed by atoms with Crippen molar-refractivity contribution in [3.8, 4) is 5.75 Å². The molecule has 210 valence electrons. The number of amides is 2. The number of rotatable bonds is 14. The number of carbonyl (C=O) groups is 3. The Labute approximate surface area is 226 Å². The molecule has 0 radical (unpaired) electrons. The molecule has 2 saturated heterocycles. The molecule has 0 aliphatic carbocycles. The summed E-state index contributed by atoms with van der Waals surface area (Å²) in [4.78, 5) is 44.2. The summed E-state index contributed by atoms with van der Waals surface area (Å²) in [6.45, 7) is 6.76. The second kappa shape index (κ2) is 13.4. The summed E-state index contributed by atoms with van der Waals surface area (Å²) < 4.78 is 5.67. The monoisotopic (exact) mass is 528 g/mol. The Balaban J connectivity index is 1.54. The topological polar surface area (TPSA) is 116 Å². The Morgan fingerprint density at radius 3 is 2.71 bits per heavy atom. The van der Waals surface area contributed by atoms with Gasteiger partial charge in [-0.1, -0.05) is 25.5 Å². The zero-order valence-electron chi connectivity index (χ0n) is 22.8. The lowest BCUT2D eigenvalue weighted by atomic mass is 9.83. The zero-order chi connectivity index (χ0) is 27.1. The van der Waals surface area contributed by atoms with E-state index in [1.807, 2.05) is 21.9 Å². The third-order valence-corrected chi connectivity index (χ3v) is 8.38. The minimum atomic E-state index is -0.824. The molecule has 9 nitrogen and oxygen atoms in total. The first-order valence-corrected chi connectivity index (χ1v) is 14.4. The lowest BCUT2D eigenvalue weighted by Crippen LogP contribution is -2.45. The van der Waals surface area contributed by atoms with Crippen LogP contribution < -0.4 is 10.5 Å². The highest BCUT2D eigenvalue weighted by atomic mass is 16.5. The SMILES string of the molecule is CCCCN(CCCN)C(=O)CN1CC(c2ccc3c(c2)CCO3)C(C(=O)O)C1CCCN1CCCC1=O. The van der Waals surface area contributed by atoms with Crippen molar-refractivity contribution in [1.29, 1.82) is 0 Å². The number of ether oxygens (including phenoxy) is 1. The molecule has 3 aliphatic rings. The summed E-state index contributed by atoms with van der Waals surface area (Å²) in [6, 6.07) is 5.78. The molecule has 3 unspecified atom stereocenters. The predicted molar refractivity (Wildman–Crippen MR) is 145 cm³/mol. The number of nitrogens with zero attached hydrogens (tertiary/aromatic N) is 3. The molecule has 3 aliphatic heterocycles. The maximum absolute atomic E-state index is 13.5. The fourth-order valence-electron chi connectivity index (χ4n) is 6.33. The summed E-state index contributed by atoms with van der Waals surface area (Å²) in [7, 11) is 0. The van der Waals surface area contributed by atoms with E-state index in [1.54, 1.807) is 0 Å². The van der Waals surface area contributed by atoms with Gasteiger partial charge in [0.1, 0.15) is 5.75 Å². The normalized spacial score (nSPS) is 23.1. The molecular formula is C29H44N4O5. The smallest absolute Gasteiger partial charge is 0.308 e. The fourth-order valence-corrected chi connectivity index (χ4v) is 6.33. The van der Waals surface area contributed by atoms with E-state index in [2.05, 4.69) is 17.9 Å². The van der Waals surface area contributed by atoms with Gasteiger partial charge < -0.3 is 25.4 Å². The highest BCUT2D eigenvalue weighted by molar-refractivity contribution is 5.79. The van der Waals surface area contributed by atoms with Crippen molar-refractivity contribution in [2.75, 3.05) is 52.4 Å². The Morgan fingerprint density at radius 1 is 1.18 bits per heavy atom. The number of likely N-dealkylation sites (tertiary alicyclic amines) is 2. The molecule has 3 heterocycles. The number of benzene rings is 1. The highest BCUT2D eigenvalue weighted by Crippen LogP contribution is 2.41. The van der Waals surface area contributed by atoms with Crippen LogP contribution in [0, 0.1) is 5.92 Å². The molecule has 2 fully saturated rings. The van der Waals surface area contributed by atoms with Gasteiger partial charge in [0.05, 0.1) is 19.1 Å². The Kier molecular flexibility index (Phi) is 10.0. The molecule has 1 aromatic rings. The van der Waals surface area contributed by atoms with Crippen LogP contribution in [0.5, 0.6) is 5.75 Å². The van der Waals surface area contributed by atoms with Crippen molar-refractivity contribution in [3.05, 3.63) is 29.3 Å². The molecule has 2 amide bonds.